The number of benzene rings is 1. The SMILES string of the molecule is CCC(CC)CN(CC)c1ccc(CO)cc1C#N. The smallest absolute Gasteiger partial charge is 0.101 e. The second-order valence-corrected chi connectivity index (χ2v) is 4.84. The lowest BCUT2D eigenvalue weighted by Gasteiger charge is -2.28. The van der Waals surface area contributed by atoms with E-state index in [2.05, 4.69) is 31.7 Å². The predicted octanol–water partition coefficient (Wildman–Crippen LogP) is 3.31. The average molecular weight is 260 g/mol. The Bertz CT molecular complexity index is 433. The van der Waals surface area contributed by atoms with Crippen molar-refractivity contribution in [1.29, 1.82) is 5.26 Å². The van der Waals surface area contributed by atoms with Crippen LogP contribution in [0.15, 0.2) is 18.2 Å². The molecule has 0 saturated heterocycles. The molecular formula is C16H24N2O. The molecule has 0 aliphatic heterocycles. The minimum Gasteiger partial charge on any atom is -0.392 e. The van der Waals surface area contributed by atoms with Gasteiger partial charge in [0.05, 0.1) is 17.9 Å². The fourth-order valence-electron chi connectivity index (χ4n) is 2.30. The number of hydrogen-bond donors (Lipinski definition) is 1. The van der Waals surface area contributed by atoms with Gasteiger partial charge >= 0.3 is 0 Å². The third kappa shape index (κ3) is 3.97. The third-order valence-electron chi connectivity index (χ3n) is 3.72. The van der Waals surface area contributed by atoms with Gasteiger partial charge in [-0.15, -0.1) is 0 Å². The number of rotatable bonds is 7. The molecule has 1 aromatic rings. The Labute approximate surface area is 116 Å². The molecular weight excluding hydrogens is 236 g/mol. The van der Waals surface area contributed by atoms with Crippen molar-refractivity contribution in [2.24, 2.45) is 5.92 Å². The van der Waals surface area contributed by atoms with E-state index in [0.29, 0.717) is 11.5 Å². The molecule has 0 heterocycles. The minimum atomic E-state index is -0.0202. The summed E-state index contributed by atoms with van der Waals surface area (Å²) in [6.07, 6.45) is 2.31. The first kappa shape index (κ1) is 15.5. The van der Waals surface area contributed by atoms with Gasteiger partial charge in [0.1, 0.15) is 6.07 Å². The molecule has 0 fully saturated rings. The second kappa shape index (κ2) is 7.81. The summed E-state index contributed by atoms with van der Waals surface area (Å²) < 4.78 is 0. The summed E-state index contributed by atoms with van der Waals surface area (Å²) in [6.45, 7) is 8.39. The second-order valence-electron chi connectivity index (χ2n) is 4.84. The molecule has 0 bridgehead atoms. The van der Waals surface area contributed by atoms with E-state index in [4.69, 9.17) is 5.11 Å². The fraction of sp³-hybridized carbons (Fsp3) is 0.562. The van der Waals surface area contributed by atoms with Crippen molar-refractivity contribution in [1.82, 2.24) is 0 Å². The monoisotopic (exact) mass is 260 g/mol. The molecule has 1 aromatic carbocycles. The highest BCUT2D eigenvalue weighted by Crippen LogP contribution is 2.23. The highest BCUT2D eigenvalue weighted by molar-refractivity contribution is 5.60. The van der Waals surface area contributed by atoms with Crippen LogP contribution in [0.3, 0.4) is 0 Å². The number of hydrogen-bond acceptors (Lipinski definition) is 3. The molecule has 0 spiro atoms. The zero-order valence-electron chi connectivity index (χ0n) is 12.2. The van der Waals surface area contributed by atoms with Crippen LogP contribution in [0.1, 0.15) is 44.7 Å². The normalized spacial score (nSPS) is 10.5. The van der Waals surface area contributed by atoms with E-state index in [9.17, 15) is 5.26 Å². The molecule has 0 aliphatic carbocycles. The summed E-state index contributed by atoms with van der Waals surface area (Å²) in [7, 11) is 0. The maximum absolute atomic E-state index is 9.27. The third-order valence-corrected chi connectivity index (χ3v) is 3.72. The van der Waals surface area contributed by atoms with Crippen LogP contribution in [0.25, 0.3) is 0 Å². The van der Waals surface area contributed by atoms with E-state index in [0.717, 1.165) is 37.2 Å². The number of aliphatic hydroxyl groups is 1. The van der Waals surface area contributed by atoms with Gasteiger partial charge in [-0.3, -0.25) is 0 Å². The van der Waals surface area contributed by atoms with Gasteiger partial charge in [-0.2, -0.15) is 5.26 Å². The van der Waals surface area contributed by atoms with E-state index in [1.165, 1.54) is 0 Å². The first-order chi connectivity index (χ1) is 9.19. The molecule has 3 nitrogen and oxygen atoms in total. The molecule has 0 radical (unpaired) electrons. The Morgan fingerprint density at radius 3 is 2.42 bits per heavy atom. The van der Waals surface area contributed by atoms with Crippen molar-refractivity contribution in [2.45, 2.75) is 40.2 Å². The first-order valence-corrected chi connectivity index (χ1v) is 7.08. The molecule has 0 saturated carbocycles. The fourth-order valence-corrected chi connectivity index (χ4v) is 2.30. The topological polar surface area (TPSA) is 47.3 Å². The maximum Gasteiger partial charge on any atom is 0.101 e. The first-order valence-electron chi connectivity index (χ1n) is 7.08. The number of nitriles is 1. The van der Waals surface area contributed by atoms with E-state index in [-0.39, 0.29) is 6.61 Å². The molecule has 19 heavy (non-hydrogen) atoms. The van der Waals surface area contributed by atoms with Gasteiger partial charge in [0.25, 0.3) is 0 Å². The van der Waals surface area contributed by atoms with E-state index < -0.39 is 0 Å². The van der Waals surface area contributed by atoms with Crippen LogP contribution in [-0.2, 0) is 6.61 Å². The Morgan fingerprint density at radius 1 is 1.26 bits per heavy atom. The average Bonchev–Trinajstić information content (AvgIpc) is 2.48. The molecule has 0 atom stereocenters. The van der Waals surface area contributed by atoms with E-state index in [1.54, 1.807) is 6.07 Å². The summed E-state index contributed by atoms with van der Waals surface area (Å²) >= 11 is 0. The summed E-state index contributed by atoms with van der Waals surface area (Å²) in [5.74, 6) is 0.656. The molecule has 1 N–H and O–H groups in total. The van der Waals surface area contributed by atoms with Gasteiger partial charge in [0.15, 0.2) is 0 Å². The van der Waals surface area contributed by atoms with Crippen LogP contribution < -0.4 is 4.90 Å². The zero-order chi connectivity index (χ0) is 14.3. The van der Waals surface area contributed by atoms with Gasteiger partial charge in [-0.1, -0.05) is 32.8 Å². The van der Waals surface area contributed by atoms with Crippen molar-refractivity contribution in [3.63, 3.8) is 0 Å². The van der Waals surface area contributed by atoms with Gasteiger partial charge in [0.2, 0.25) is 0 Å². The minimum absolute atomic E-state index is 0.0202. The zero-order valence-corrected chi connectivity index (χ0v) is 12.2. The van der Waals surface area contributed by atoms with Crippen molar-refractivity contribution >= 4 is 5.69 Å². The highest BCUT2D eigenvalue weighted by atomic mass is 16.3. The Kier molecular flexibility index (Phi) is 6.38. The van der Waals surface area contributed by atoms with Crippen LogP contribution in [0.4, 0.5) is 5.69 Å². The number of anilines is 1. The lowest BCUT2D eigenvalue weighted by atomic mass is 10.0. The Hall–Kier alpha value is -1.53. The summed E-state index contributed by atoms with van der Waals surface area (Å²) in [5.41, 5.74) is 2.42. The van der Waals surface area contributed by atoms with Crippen molar-refractivity contribution in [2.75, 3.05) is 18.0 Å². The number of nitrogens with zero attached hydrogens (tertiary/aromatic N) is 2. The van der Waals surface area contributed by atoms with Crippen molar-refractivity contribution in [3.05, 3.63) is 29.3 Å². The molecule has 104 valence electrons. The van der Waals surface area contributed by atoms with Crippen molar-refractivity contribution in [3.8, 4) is 6.07 Å². The lowest BCUT2D eigenvalue weighted by molar-refractivity contribution is 0.282. The van der Waals surface area contributed by atoms with Gasteiger partial charge < -0.3 is 10.0 Å². The standard InChI is InChI=1S/C16H24N2O/c1-4-13(5-2)11-18(6-3)16-8-7-14(12-19)9-15(16)10-17/h7-9,13,19H,4-6,11-12H2,1-3H3. The quantitative estimate of drug-likeness (QED) is 0.818. The number of aliphatic hydroxyl groups excluding tert-OH is 1. The van der Waals surface area contributed by atoms with Gasteiger partial charge in [-0.05, 0) is 30.5 Å². The highest BCUT2D eigenvalue weighted by Gasteiger charge is 2.14. The van der Waals surface area contributed by atoms with Crippen LogP contribution >= 0.6 is 0 Å². The Balaban J connectivity index is 3.01. The Morgan fingerprint density at radius 2 is 1.95 bits per heavy atom. The largest absolute Gasteiger partial charge is 0.392 e. The van der Waals surface area contributed by atoms with Gasteiger partial charge in [0, 0.05) is 13.1 Å². The molecule has 3 heteroatoms. The van der Waals surface area contributed by atoms with Gasteiger partial charge in [-0.25, -0.2) is 0 Å². The molecule has 1 rings (SSSR count). The van der Waals surface area contributed by atoms with E-state index in [1.807, 2.05) is 12.1 Å². The molecule has 0 aromatic heterocycles. The lowest BCUT2D eigenvalue weighted by Crippen LogP contribution is -2.29. The maximum atomic E-state index is 9.27. The molecule has 0 unspecified atom stereocenters. The summed E-state index contributed by atoms with van der Waals surface area (Å²) in [4.78, 5) is 2.26. The summed E-state index contributed by atoms with van der Waals surface area (Å²) in [5, 5.41) is 18.4. The molecule has 0 amide bonds. The van der Waals surface area contributed by atoms with E-state index >= 15 is 0 Å². The van der Waals surface area contributed by atoms with Crippen molar-refractivity contribution < 1.29 is 5.11 Å². The summed E-state index contributed by atoms with van der Waals surface area (Å²) in [6, 6.07) is 7.87. The molecule has 0 aliphatic rings. The van der Waals surface area contributed by atoms with Crippen LogP contribution in [0.5, 0.6) is 0 Å². The van der Waals surface area contributed by atoms with Crippen LogP contribution in [0.2, 0.25) is 0 Å². The van der Waals surface area contributed by atoms with Crippen LogP contribution in [-0.4, -0.2) is 18.2 Å². The van der Waals surface area contributed by atoms with Crippen LogP contribution in [0, 0.1) is 17.2 Å². The predicted molar refractivity (Wildman–Crippen MR) is 79.0 cm³/mol.